The van der Waals surface area contributed by atoms with Crippen LogP contribution < -0.4 is 5.32 Å². The normalized spacial score (nSPS) is 14.4. The first-order chi connectivity index (χ1) is 17.1. The maximum absolute atomic E-state index is 13.0. The van der Waals surface area contributed by atoms with Gasteiger partial charge in [-0.05, 0) is 36.4 Å². The summed E-state index contributed by atoms with van der Waals surface area (Å²) in [4.78, 5) is 34.7. The van der Waals surface area contributed by atoms with Crippen molar-refractivity contribution < 1.29 is 9.59 Å². The summed E-state index contributed by atoms with van der Waals surface area (Å²) >= 11 is 1.40. The lowest BCUT2D eigenvalue weighted by atomic mass is 9.88. The van der Waals surface area contributed by atoms with Crippen LogP contribution in [0.5, 0.6) is 0 Å². The smallest absolute Gasteiger partial charge is 0.253 e. The topological polar surface area (TPSA) is 65.5 Å². The Morgan fingerprint density at radius 3 is 2.17 bits per heavy atom. The summed E-state index contributed by atoms with van der Waals surface area (Å²) < 4.78 is 0.892. The zero-order valence-corrected chi connectivity index (χ0v) is 20.5. The second-order valence-corrected chi connectivity index (χ2v) is 9.95. The number of nitrogens with one attached hydrogen (secondary N) is 1. The first kappa shape index (κ1) is 23.2. The molecule has 178 valence electrons. The average Bonchev–Trinajstić information content (AvgIpc) is 3.29. The maximum atomic E-state index is 13.0. The second-order valence-electron chi connectivity index (χ2n) is 8.92. The highest BCUT2D eigenvalue weighted by Gasteiger charge is 2.22. The molecule has 1 N–H and O–H groups in total. The van der Waals surface area contributed by atoms with Gasteiger partial charge < -0.3 is 15.1 Å². The number of benzene rings is 3. The second kappa shape index (κ2) is 10.4. The van der Waals surface area contributed by atoms with Crippen molar-refractivity contribution in [3.05, 3.63) is 95.6 Å². The number of rotatable bonds is 6. The van der Waals surface area contributed by atoms with Gasteiger partial charge in [0.05, 0.1) is 10.2 Å². The van der Waals surface area contributed by atoms with Gasteiger partial charge in [0.15, 0.2) is 5.13 Å². The van der Waals surface area contributed by atoms with Crippen molar-refractivity contribution >= 4 is 38.5 Å². The molecule has 0 bridgehead atoms. The standard InChI is InChI=1S/C28H28N4O2S/c1-31-14-16-32(17-15-31)27(34)22-12-13-24-25(18-22)35-28(29-24)30-26(33)19-23(20-8-4-2-5-9-20)21-10-6-3-7-11-21/h2-13,18,23H,14-17,19H2,1H3,(H,29,30,33). The molecule has 3 aromatic carbocycles. The van der Waals surface area contributed by atoms with Crippen LogP contribution in [0.2, 0.25) is 0 Å². The minimum Gasteiger partial charge on any atom is -0.336 e. The molecule has 0 saturated carbocycles. The number of hydrogen-bond donors (Lipinski definition) is 1. The van der Waals surface area contributed by atoms with Crippen LogP contribution >= 0.6 is 11.3 Å². The molecule has 35 heavy (non-hydrogen) atoms. The van der Waals surface area contributed by atoms with Crippen molar-refractivity contribution in [2.75, 3.05) is 38.5 Å². The van der Waals surface area contributed by atoms with Crippen LogP contribution in [0.4, 0.5) is 5.13 Å². The number of aromatic nitrogens is 1. The predicted molar refractivity (Wildman–Crippen MR) is 141 cm³/mol. The molecule has 2 amide bonds. The van der Waals surface area contributed by atoms with Gasteiger partial charge in [0.2, 0.25) is 5.91 Å². The Labute approximate surface area is 209 Å². The fourth-order valence-electron chi connectivity index (χ4n) is 4.46. The monoisotopic (exact) mass is 484 g/mol. The van der Waals surface area contributed by atoms with E-state index in [2.05, 4.69) is 46.5 Å². The molecular weight excluding hydrogens is 456 g/mol. The third-order valence-electron chi connectivity index (χ3n) is 6.47. The van der Waals surface area contributed by atoms with Crippen LogP contribution in [-0.2, 0) is 4.79 Å². The summed E-state index contributed by atoms with van der Waals surface area (Å²) in [7, 11) is 2.07. The molecule has 6 nitrogen and oxygen atoms in total. The molecule has 7 heteroatoms. The van der Waals surface area contributed by atoms with Gasteiger partial charge in [0.25, 0.3) is 5.91 Å². The van der Waals surface area contributed by atoms with Crippen LogP contribution in [0, 0.1) is 0 Å². The predicted octanol–water partition coefficient (Wildman–Crippen LogP) is 4.84. The Morgan fingerprint density at radius 1 is 0.914 bits per heavy atom. The van der Waals surface area contributed by atoms with E-state index in [0.717, 1.165) is 47.5 Å². The van der Waals surface area contributed by atoms with Crippen LogP contribution in [-0.4, -0.2) is 59.8 Å². The van der Waals surface area contributed by atoms with Crippen LogP contribution in [0.1, 0.15) is 33.8 Å². The molecule has 1 saturated heterocycles. The van der Waals surface area contributed by atoms with E-state index >= 15 is 0 Å². The van der Waals surface area contributed by atoms with Crippen molar-refractivity contribution in [1.82, 2.24) is 14.8 Å². The highest BCUT2D eigenvalue weighted by Crippen LogP contribution is 2.30. The Hall–Kier alpha value is -3.55. The summed E-state index contributed by atoms with van der Waals surface area (Å²) in [6.45, 7) is 3.25. The summed E-state index contributed by atoms with van der Waals surface area (Å²) in [5, 5.41) is 3.54. The minimum absolute atomic E-state index is 0.0420. The third kappa shape index (κ3) is 5.42. The lowest BCUT2D eigenvalue weighted by Crippen LogP contribution is -2.47. The van der Waals surface area contributed by atoms with Crippen molar-refractivity contribution in [1.29, 1.82) is 0 Å². The van der Waals surface area contributed by atoms with Crippen molar-refractivity contribution in [2.45, 2.75) is 12.3 Å². The van der Waals surface area contributed by atoms with Gasteiger partial charge in [-0.25, -0.2) is 4.98 Å². The highest BCUT2D eigenvalue weighted by atomic mass is 32.1. The molecular formula is C28H28N4O2S. The first-order valence-corrected chi connectivity index (χ1v) is 12.7. The molecule has 1 fully saturated rings. The number of amides is 2. The molecule has 0 atom stereocenters. The Kier molecular flexibility index (Phi) is 6.88. The van der Waals surface area contributed by atoms with Crippen LogP contribution in [0.15, 0.2) is 78.9 Å². The highest BCUT2D eigenvalue weighted by molar-refractivity contribution is 7.22. The molecule has 0 spiro atoms. The van der Waals surface area contributed by atoms with Crippen molar-refractivity contribution in [3.8, 4) is 0 Å². The van der Waals surface area contributed by atoms with Crippen molar-refractivity contribution in [3.63, 3.8) is 0 Å². The van der Waals surface area contributed by atoms with Gasteiger partial charge in [-0.2, -0.15) is 0 Å². The SMILES string of the molecule is CN1CCN(C(=O)c2ccc3nc(NC(=O)CC(c4ccccc4)c4ccccc4)sc3c2)CC1. The quantitative estimate of drug-likeness (QED) is 0.425. The number of fused-ring (bicyclic) bond motifs is 1. The van der Waals surface area contributed by atoms with Crippen molar-refractivity contribution in [2.24, 2.45) is 0 Å². The van der Waals surface area contributed by atoms with E-state index < -0.39 is 0 Å². The van der Waals surface area contributed by atoms with E-state index in [-0.39, 0.29) is 17.7 Å². The number of thiazole rings is 1. The van der Waals surface area contributed by atoms with E-state index in [1.165, 1.54) is 11.3 Å². The molecule has 5 rings (SSSR count). The summed E-state index contributed by atoms with van der Waals surface area (Å²) in [5.74, 6) is -0.0809. The summed E-state index contributed by atoms with van der Waals surface area (Å²) in [6.07, 6.45) is 0.317. The van der Waals surface area contributed by atoms with Gasteiger partial charge >= 0.3 is 0 Å². The number of carbonyl (C=O) groups is 2. The van der Waals surface area contributed by atoms with Crippen LogP contribution in [0.25, 0.3) is 10.2 Å². The van der Waals surface area contributed by atoms with Gasteiger partial charge in [-0.15, -0.1) is 0 Å². The lowest BCUT2D eigenvalue weighted by molar-refractivity contribution is -0.116. The largest absolute Gasteiger partial charge is 0.336 e. The van der Waals surface area contributed by atoms with Gasteiger partial charge in [0, 0.05) is 44.1 Å². The molecule has 4 aromatic rings. The Bertz CT molecular complexity index is 1280. The fraction of sp³-hybridized carbons (Fsp3) is 0.250. The minimum atomic E-state index is -0.0875. The number of nitrogens with zero attached hydrogens (tertiary/aromatic N) is 3. The summed E-state index contributed by atoms with van der Waals surface area (Å²) in [6, 6.07) is 25.8. The average molecular weight is 485 g/mol. The molecule has 0 radical (unpaired) electrons. The number of carbonyl (C=O) groups excluding carboxylic acids is 2. The first-order valence-electron chi connectivity index (χ1n) is 11.8. The van der Waals surface area contributed by atoms with E-state index in [9.17, 15) is 9.59 Å². The number of piperazine rings is 1. The zero-order chi connectivity index (χ0) is 24.2. The number of anilines is 1. The zero-order valence-electron chi connectivity index (χ0n) is 19.7. The Morgan fingerprint density at radius 2 is 1.54 bits per heavy atom. The van der Waals surface area contributed by atoms with E-state index in [1.54, 1.807) is 0 Å². The van der Waals surface area contributed by atoms with Gasteiger partial charge in [0.1, 0.15) is 0 Å². The lowest BCUT2D eigenvalue weighted by Gasteiger charge is -2.32. The number of hydrogen-bond acceptors (Lipinski definition) is 5. The van der Waals surface area contributed by atoms with E-state index in [4.69, 9.17) is 0 Å². The molecule has 0 aliphatic carbocycles. The molecule has 2 heterocycles. The Balaban J connectivity index is 1.30. The molecule has 1 aromatic heterocycles. The maximum Gasteiger partial charge on any atom is 0.253 e. The van der Waals surface area contributed by atoms with E-state index in [1.807, 2.05) is 59.5 Å². The van der Waals surface area contributed by atoms with Gasteiger partial charge in [-0.3, -0.25) is 9.59 Å². The molecule has 0 unspecified atom stereocenters. The van der Waals surface area contributed by atoms with Crippen LogP contribution in [0.3, 0.4) is 0 Å². The molecule has 1 aliphatic rings. The molecule has 1 aliphatic heterocycles. The fourth-order valence-corrected chi connectivity index (χ4v) is 5.38. The summed E-state index contributed by atoms with van der Waals surface area (Å²) in [5.41, 5.74) is 3.65. The van der Waals surface area contributed by atoms with E-state index in [0.29, 0.717) is 17.1 Å². The third-order valence-corrected chi connectivity index (χ3v) is 7.40. The van der Waals surface area contributed by atoms with Gasteiger partial charge in [-0.1, -0.05) is 72.0 Å². The number of likely N-dealkylation sites (N-methyl/N-ethyl adjacent to an activating group) is 1.